The predicted molar refractivity (Wildman–Crippen MR) is 128 cm³/mol. The molecule has 0 aliphatic carbocycles. The van der Waals surface area contributed by atoms with Crippen LogP contribution in [0.25, 0.3) is 0 Å². The predicted octanol–water partition coefficient (Wildman–Crippen LogP) is 3.56. The van der Waals surface area contributed by atoms with E-state index in [1.165, 1.54) is 6.92 Å². The van der Waals surface area contributed by atoms with E-state index in [0.29, 0.717) is 0 Å². The highest BCUT2D eigenvalue weighted by atomic mass is 16.8. The van der Waals surface area contributed by atoms with Gasteiger partial charge in [0, 0.05) is 12.5 Å². The zero-order chi connectivity index (χ0) is 25.5. The third kappa shape index (κ3) is 6.24. The Morgan fingerprint density at radius 3 is 2.25 bits per heavy atom. The van der Waals surface area contributed by atoms with Crippen LogP contribution < -0.4 is 9.47 Å². The van der Waals surface area contributed by atoms with E-state index >= 15 is 0 Å². The van der Waals surface area contributed by atoms with Crippen LogP contribution in [0.3, 0.4) is 0 Å². The molecule has 0 N–H and O–H groups in total. The molecule has 0 bridgehead atoms. The molecule has 6 atom stereocenters. The van der Waals surface area contributed by atoms with Gasteiger partial charge in [-0.05, 0) is 29.8 Å². The van der Waals surface area contributed by atoms with Crippen molar-refractivity contribution in [3.05, 3.63) is 72.3 Å². The molecule has 2 aromatic rings. The second-order valence-corrected chi connectivity index (χ2v) is 8.40. The Balaban J connectivity index is 1.58. The molecule has 2 fully saturated rings. The number of benzene rings is 2. The third-order valence-corrected chi connectivity index (χ3v) is 5.95. The minimum absolute atomic E-state index is 0.210. The monoisotopic (exact) mass is 500 g/mol. The van der Waals surface area contributed by atoms with E-state index in [9.17, 15) is 4.79 Å². The van der Waals surface area contributed by atoms with Crippen molar-refractivity contribution < 1.29 is 42.7 Å². The molecule has 2 aromatic carbocycles. The summed E-state index contributed by atoms with van der Waals surface area (Å²) in [6, 6.07) is 15.0. The fraction of sp³-hybridized carbons (Fsp3) is 0.444. The quantitative estimate of drug-likeness (QED) is 0.359. The molecule has 0 radical (unpaired) electrons. The van der Waals surface area contributed by atoms with Gasteiger partial charge in [-0.1, -0.05) is 30.3 Å². The Morgan fingerprint density at radius 1 is 0.972 bits per heavy atom. The zero-order valence-electron chi connectivity index (χ0n) is 20.7. The fourth-order valence-electron chi connectivity index (χ4n) is 4.19. The van der Waals surface area contributed by atoms with E-state index in [1.807, 2.05) is 48.5 Å². The number of carbonyl (C=O) groups excluding carboxylic acids is 1. The molecule has 194 valence electrons. The number of hydrogen-bond acceptors (Lipinski definition) is 9. The minimum Gasteiger partial charge on any atom is -0.497 e. The molecule has 9 nitrogen and oxygen atoms in total. The Morgan fingerprint density at radius 2 is 1.64 bits per heavy atom. The number of carbonyl (C=O) groups is 1. The Labute approximate surface area is 210 Å². The number of methoxy groups -OCH3 is 2. The topological polar surface area (TPSA) is 90.9 Å². The van der Waals surface area contributed by atoms with Crippen LogP contribution in [0.1, 0.15) is 24.3 Å². The molecule has 0 saturated carbocycles. The summed E-state index contributed by atoms with van der Waals surface area (Å²) in [6.07, 6.45) is -2.57. The maximum Gasteiger partial charge on any atom is 0.303 e. The maximum atomic E-state index is 12.0. The van der Waals surface area contributed by atoms with Gasteiger partial charge >= 0.3 is 5.97 Å². The summed E-state index contributed by atoms with van der Waals surface area (Å²) in [7, 11) is 3.22. The van der Waals surface area contributed by atoms with Gasteiger partial charge in [0.1, 0.15) is 29.8 Å². The summed E-state index contributed by atoms with van der Waals surface area (Å²) < 4.78 is 46.7. The van der Waals surface area contributed by atoms with Gasteiger partial charge in [-0.3, -0.25) is 4.79 Å². The van der Waals surface area contributed by atoms with Gasteiger partial charge in [-0.25, -0.2) is 0 Å². The number of ether oxygens (including phenoxy) is 8. The van der Waals surface area contributed by atoms with E-state index in [1.54, 1.807) is 20.3 Å². The van der Waals surface area contributed by atoms with Gasteiger partial charge in [0.2, 0.25) is 0 Å². The highest BCUT2D eigenvalue weighted by molar-refractivity contribution is 5.66. The summed E-state index contributed by atoms with van der Waals surface area (Å²) in [6.45, 7) is 5.73. The van der Waals surface area contributed by atoms with Crippen molar-refractivity contribution in [3.8, 4) is 11.5 Å². The van der Waals surface area contributed by atoms with Gasteiger partial charge in [0.15, 0.2) is 18.7 Å². The Bertz CT molecular complexity index is 991. The fourth-order valence-corrected chi connectivity index (χ4v) is 4.19. The first-order valence-corrected chi connectivity index (χ1v) is 11.7. The normalized spacial score (nSPS) is 27.5. The summed E-state index contributed by atoms with van der Waals surface area (Å²) in [5, 5.41) is 0. The van der Waals surface area contributed by atoms with Gasteiger partial charge in [-0.15, -0.1) is 6.58 Å². The summed E-state index contributed by atoms with van der Waals surface area (Å²) in [5.74, 6) is 0.994. The lowest BCUT2D eigenvalue weighted by atomic mass is 9.97. The van der Waals surface area contributed by atoms with Crippen LogP contribution in [-0.2, 0) is 39.8 Å². The van der Waals surface area contributed by atoms with Crippen molar-refractivity contribution in [3.63, 3.8) is 0 Å². The largest absolute Gasteiger partial charge is 0.497 e. The lowest BCUT2D eigenvalue weighted by molar-refractivity contribution is -0.366. The SMILES string of the molecule is C=CCO[C@@H]1O[C@@H]2COC(c3ccc(OC)cc3)O[C@@H]2[C@H](OCc2ccc(OC)cc2)[C@H]1OC(C)=O. The lowest BCUT2D eigenvalue weighted by Gasteiger charge is -2.48. The number of fused-ring (bicyclic) bond motifs is 1. The molecular weight excluding hydrogens is 468 g/mol. The van der Waals surface area contributed by atoms with E-state index in [2.05, 4.69) is 6.58 Å². The van der Waals surface area contributed by atoms with Crippen LogP contribution in [0.15, 0.2) is 61.2 Å². The summed E-state index contributed by atoms with van der Waals surface area (Å²) in [4.78, 5) is 12.0. The first-order chi connectivity index (χ1) is 17.5. The van der Waals surface area contributed by atoms with E-state index in [-0.39, 0.29) is 19.8 Å². The first kappa shape index (κ1) is 26.1. The first-order valence-electron chi connectivity index (χ1n) is 11.7. The molecule has 2 saturated heterocycles. The number of esters is 1. The van der Waals surface area contributed by atoms with Crippen molar-refractivity contribution in [1.82, 2.24) is 0 Å². The molecule has 1 unspecified atom stereocenters. The molecule has 9 heteroatoms. The van der Waals surface area contributed by atoms with E-state index < -0.39 is 43.0 Å². The highest BCUT2D eigenvalue weighted by Crippen LogP contribution is 2.37. The highest BCUT2D eigenvalue weighted by Gasteiger charge is 2.52. The van der Waals surface area contributed by atoms with E-state index in [4.69, 9.17) is 37.9 Å². The molecule has 0 aromatic heterocycles. The van der Waals surface area contributed by atoms with Gasteiger partial charge in [-0.2, -0.15) is 0 Å². The van der Waals surface area contributed by atoms with Crippen LogP contribution in [0.4, 0.5) is 0 Å². The number of hydrogen-bond donors (Lipinski definition) is 0. The summed E-state index contributed by atoms with van der Waals surface area (Å²) >= 11 is 0. The smallest absolute Gasteiger partial charge is 0.303 e. The van der Waals surface area contributed by atoms with Crippen molar-refractivity contribution in [1.29, 1.82) is 0 Å². The van der Waals surface area contributed by atoms with Crippen LogP contribution in [0, 0.1) is 0 Å². The van der Waals surface area contributed by atoms with Gasteiger partial charge < -0.3 is 37.9 Å². The average molecular weight is 501 g/mol. The van der Waals surface area contributed by atoms with Crippen LogP contribution in [0.5, 0.6) is 11.5 Å². The molecule has 0 amide bonds. The van der Waals surface area contributed by atoms with Crippen molar-refractivity contribution in [2.45, 2.75) is 50.5 Å². The Hall–Kier alpha value is -2.95. The van der Waals surface area contributed by atoms with Gasteiger partial charge in [0.25, 0.3) is 0 Å². The molecule has 0 spiro atoms. The minimum atomic E-state index is -0.876. The molecule has 36 heavy (non-hydrogen) atoms. The van der Waals surface area contributed by atoms with Crippen LogP contribution >= 0.6 is 0 Å². The second-order valence-electron chi connectivity index (χ2n) is 8.40. The standard InChI is InChI=1S/C27H32O9/c1-5-14-31-27-25(34-17(2)28)24(32-15-18-6-10-20(29-3)11-7-18)23-22(35-27)16-33-26(36-23)19-8-12-21(30-4)13-9-19/h5-13,22-27H,1,14-16H2,2-4H3/t22-,23+,24+,25-,26?,27-/m1/s1. The molecule has 4 rings (SSSR count). The average Bonchev–Trinajstić information content (AvgIpc) is 2.91. The van der Waals surface area contributed by atoms with Crippen molar-refractivity contribution >= 4 is 5.97 Å². The molecule has 2 heterocycles. The molecule has 2 aliphatic heterocycles. The van der Waals surface area contributed by atoms with E-state index in [0.717, 1.165) is 22.6 Å². The zero-order valence-corrected chi connectivity index (χ0v) is 20.7. The maximum absolute atomic E-state index is 12.0. The Kier molecular flexibility index (Phi) is 8.95. The van der Waals surface area contributed by atoms with Crippen molar-refractivity contribution in [2.24, 2.45) is 0 Å². The second kappa shape index (κ2) is 12.3. The molecular formula is C27H32O9. The van der Waals surface area contributed by atoms with Crippen molar-refractivity contribution in [2.75, 3.05) is 27.4 Å². The lowest BCUT2D eigenvalue weighted by Crippen LogP contribution is -2.63. The van der Waals surface area contributed by atoms with Crippen LogP contribution in [-0.4, -0.2) is 64.1 Å². The third-order valence-electron chi connectivity index (χ3n) is 5.95. The van der Waals surface area contributed by atoms with Crippen LogP contribution in [0.2, 0.25) is 0 Å². The van der Waals surface area contributed by atoms with Gasteiger partial charge in [0.05, 0.1) is 34.0 Å². The summed E-state index contributed by atoms with van der Waals surface area (Å²) in [5.41, 5.74) is 1.74. The molecule has 2 aliphatic rings. The number of rotatable bonds is 10.